The predicted octanol–water partition coefficient (Wildman–Crippen LogP) is 5.04. The highest BCUT2D eigenvalue weighted by molar-refractivity contribution is 7.80. The lowest BCUT2D eigenvalue weighted by atomic mass is 9.86. The number of benzene rings is 2. The van der Waals surface area contributed by atoms with E-state index in [0.717, 1.165) is 11.4 Å². The average molecular weight is 343 g/mol. The van der Waals surface area contributed by atoms with Gasteiger partial charge in [-0.05, 0) is 47.8 Å². The third kappa shape index (κ3) is 4.96. The van der Waals surface area contributed by atoms with Crippen molar-refractivity contribution in [2.45, 2.75) is 39.2 Å². The summed E-state index contributed by atoms with van der Waals surface area (Å²) >= 11 is 5.41. The largest absolute Gasteiger partial charge is 0.497 e. The summed E-state index contributed by atoms with van der Waals surface area (Å²) in [7, 11) is 1.65. The van der Waals surface area contributed by atoms with Gasteiger partial charge in [-0.2, -0.15) is 0 Å². The van der Waals surface area contributed by atoms with Gasteiger partial charge in [0.1, 0.15) is 5.75 Å². The lowest BCUT2D eigenvalue weighted by molar-refractivity contribution is 0.415. The van der Waals surface area contributed by atoms with Crippen molar-refractivity contribution in [1.82, 2.24) is 5.32 Å². The van der Waals surface area contributed by atoms with Crippen molar-refractivity contribution >= 4 is 23.0 Å². The van der Waals surface area contributed by atoms with Gasteiger partial charge in [0.25, 0.3) is 0 Å². The van der Waals surface area contributed by atoms with Crippen molar-refractivity contribution in [3.8, 4) is 5.75 Å². The Balaban J connectivity index is 1.98. The molecule has 3 nitrogen and oxygen atoms in total. The lowest BCUT2D eigenvalue weighted by Gasteiger charge is -2.21. The first-order valence-electron chi connectivity index (χ1n) is 8.11. The summed E-state index contributed by atoms with van der Waals surface area (Å²) in [5, 5.41) is 7.11. The average Bonchev–Trinajstić information content (AvgIpc) is 2.54. The fraction of sp³-hybridized carbons (Fsp3) is 0.350. The number of hydrogen-bond donors (Lipinski definition) is 2. The van der Waals surface area contributed by atoms with Gasteiger partial charge in [-0.15, -0.1) is 0 Å². The van der Waals surface area contributed by atoms with Crippen LogP contribution in [-0.4, -0.2) is 12.2 Å². The van der Waals surface area contributed by atoms with E-state index in [2.05, 4.69) is 62.6 Å². The molecular weight excluding hydrogens is 316 g/mol. The molecule has 0 aromatic heterocycles. The van der Waals surface area contributed by atoms with Crippen LogP contribution in [0.25, 0.3) is 0 Å². The molecule has 0 aliphatic rings. The molecule has 0 aliphatic carbocycles. The lowest BCUT2D eigenvalue weighted by Crippen LogP contribution is -2.30. The zero-order valence-corrected chi connectivity index (χ0v) is 15.8. The Kier molecular flexibility index (Phi) is 5.84. The molecule has 2 N–H and O–H groups in total. The number of nitrogens with one attached hydrogen (secondary N) is 2. The molecule has 0 fully saturated rings. The third-order valence-corrected chi connectivity index (χ3v) is 4.17. The maximum absolute atomic E-state index is 5.41. The SMILES string of the molecule is COc1cccc(NC(=S)N[C@@H](C)c2ccc(C(C)(C)C)cc2)c1. The number of rotatable bonds is 4. The fourth-order valence-electron chi connectivity index (χ4n) is 2.42. The molecule has 128 valence electrons. The van der Waals surface area contributed by atoms with Crippen LogP contribution >= 0.6 is 12.2 Å². The highest BCUT2D eigenvalue weighted by Crippen LogP contribution is 2.24. The number of ether oxygens (including phenoxy) is 1. The molecule has 0 radical (unpaired) electrons. The molecule has 0 bridgehead atoms. The first-order valence-corrected chi connectivity index (χ1v) is 8.52. The third-order valence-electron chi connectivity index (χ3n) is 3.95. The molecular formula is C20H26N2OS. The maximum Gasteiger partial charge on any atom is 0.171 e. The standard InChI is InChI=1S/C20H26N2OS/c1-14(15-9-11-16(12-10-15)20(2,3)4)21-19(24)22-17-7-6-8-18(13-17)23-5/h6-14H,1-5H3,(H2,21,22,24)/t14-/m0/s1. The van der Waals surface area contributed by atoms with Gasteiger partial charge in [-0.3, -0.25) is 0 Å². The van der Waals surface area contributed by atoms with Crippen LogP contribution in [-0.2, 0) is 5.41 Å². The highest BCUT2D eigenvalue weighted by Gasteiger charge is 2.14. The van der Waals surface area contributed by atoms with Crippen LogP contribution in [0, 0.1) is 0 Å². The Morgan fingerprint density at radius 2 is 1.75 bits per heavy atom. The molecule has 0 heterocycles. The molecule has 0 aliphatic heterocycles. The van der Waals surface area contributed by atoms with Crippen molar-refractivity contribution in [3.63, 3.8) is 0 Å². The highest BCUT2D eigenvalue weighted by atomic mass is 32.1. The predicted molar refractivity (Wildman–Crippen MR) is 106 cm³/mol. The smallest absolute Gasteiger partial charge is 0.171 e. The molecule has 24 heavy (non-hydrogen) atoms. The zero-order valence-electron chi connectivity index (χ0n) is 15.0. The van der Waals surface area contributed by atoms with Crippen LogP contribution in [0.15, 0.2) is 48.5 Å². The van der Waals surface area contributed by atoms with Crippen LogP contribution in [0.1, 0.15) is 44.9 Å². The van der Waals surface area contributed by atoms with Crippen molar-refractivity contribution in [1.29, 1.82) is 0 Å². The van der Waals surface area contributed by atoms with Crippen LogP contribution in [0.2, 0.25) is 0 Å². The summed E-state index contributed by atoms with van der Waals surface area (Å²) in [5.74, 6) is 0.800. The summed E-state index contributed by atoms with van der Waals surface area (Å²) in [4.78, 5) is 0. The Labute approximate surface area is 150 Å². The second-order valence-electron chi connectivity index (χ2n) is 6.92. The molecule has 2 aromatic carbocycles. The minimum Gasteiger partial charge on any atom is -0.497 e. The van der Waals surface area contributed by atoms with Crippen LogP contribution < -0.4 is 15.4 Å². The van der Waals surface area contributed by atoms with Gasteiger partial charge in [0.2, 0.25) is 0 Å². The van der Waals surface area contributed by atoms with E-state index < -0.39 is 0 Å². The van der Waals surface area contributed by atoms with Crippen molar-refractivity contribution < 1.29 is 4.74 Å². The first-order chi connectivity index (χ1) is 11.3. The minimum atomic E-state index is 0.129. The topological polar surface area (TPSA) is 33.3 Å². The molecule has 0 unspecified atom stereocenters. The van der Waals surface area contributed by atoms with Gasteiger partial charge < -0.3 is 15.4 Å². The number of anilines is 1. The summed E-state index contributed by atoms with van der Waals surface area (Å²) in [6.45, 7) is 8.76. The van der Waals surface area contributed by atoms with E-state index in [0.29, 0.717) is 5.11 Å². The van der Waals surface area contributed by atoms with Gasteiger partial charge in [-0.25, -0.2) is 0 Å². The minimum absolute atomic E-state index is 0.129. The zero-order chi connectivity index (χ0) is 17.7. The van der Waals surface area contributed by atoms with Crippen LogP contribution in [0.3, 0.4) is 0 Å². The number of hydrogen-bond acceptors (Lipinski definition) is 2. The second kappa shape index (κ2) is 7.67. The summed E-state index contributed by atoms with van der Waals surface area (Å²) in [5.41, 5.74) is 3.61. The van der Waals surface area contributed by atoms with Gasteiger partial charge in [0.15, 0.2) is 5.11 Å². The van der Waals surface area contributed by atoms with E-state index in [1.807, 2.05) is 24.3 Å². The first kappa shape index (κ1) is 18.3. The monoisotopic (exact) mass is 342 g/mol. The van der Waals surface area contributed by atoms with Gasteiger partial charge in [0, 0.05) is 11.8 Å². The summed E-state index contributed by atoms with van der Waals surface area (Å²) < 4.78 is 5.22. The van der Waals surface area contributed by atoms with E-state index in [1.165, 1.54) is 11.1 Å². The van der Waals surface area contributed by atoms with E-state index in [-0.39, 0.29) is 11.5 Å². The van der Waals surface area contributed by atoms with Crippen molar-refractivity contribution in [3.05, 3.63) is 59.7 Å². The molecule has 0 saturated heterocycles. The van der Waals surface area contributed by atoms with Crippen molar-refractivity contribution in [2.24, 2.45) is 0 Å². The van der Waals surface area contributed by atoms with Gasteiger partial charge >= 0.3 is 0 Å². The molecule has 2 rings (SSSR count). The molecule has 0 amide bonds. The van der Waals surface area contributed by atoms with Crippen LogP contribution in [0.5, 0.6) is 5.75 Å². The second-order valence-corrected chi connectivity index (χ2v) is 7.33. The summed E-state index contributed by atoms with van der Waals surface area (Å²) in [6, 6.07) is 16.5. The van der Waals surface area contributed by atoms with Gasteiger partial charge in [-0.1, -0.05) is 51.1 Å². The summed E-state index contributed by atoms with van der Waals surface area (Å²) in [6.07, 6.45) is 0. The Morgan fingerprint density at radius 3 is 2.33 bits per heavy atom. The van der Waals surface area contributed by atoms with E-state index in [4.69, 9.17) is 17.0 Å². The molecule has 0 spiro atoms. The Morgan fingerprint density at radius 1 is 1.08 bits per heavy atom. The quantitative estimate of drug-likeness (QED) is 0.763. The Hall–Kier alpha value is -2.07. The molecule has 4 heteroatoms. The number of methoxy groups -OCH3 is 1. The Bertz CT molecular complexity index is 690. The fourth-order valence-corrected chi connectivity index (χ4v) is 2.71. The molecule has 0 saturated carbocycles. The maximum atomic E-state index is 5.41. The van der Waals surface area contributed by atoms with E-state index >= 15 is 0 Å². The van der Waals surface area contributed by atoms with Gasteiger partial charge in [0.05, 0.1) is 13.2 Å². The van der Waals surface area contributed by atoms with E-state index in [1.54, 1.807) is 7.11 Å². The van der Waals surface area contributed by atoms with Crippen molar-refractivity contribution in [2.75, 3.05) is 12.4 Å². The van der Waals surface area contributed by atoms with E-state index in [9.17, 15) is 0 Å². The molecule has 1 atom stereocenters. The molecule has 2 aromatic rings. The van der Waals surface area contributed by atoms with Crippen LogP contribution in [0.4, 0.5) is 5.69 Å². The number of thiocarbonyl (C=S) groups is 1. The normalized spacial score (nSPS) is 12.4.